The van der Waals surface area contributed by atoms with E-state index in [9.17, 15) is 0 Å². The van der Waals surface area contributed by atoms with Crippen molar-refractivity contribution in [3.63, 3.8) is 0 Å². The average Bonchev–Trinajstić information content (AvgIpc) is 2.64. The molecule has 3 rings (SSSR count). The van der Waals surface area contributed by atoms with E-state index in [1.54, 1.807) is 19.3 Å². The lowest BCUT2D eigenvalue weighted by molar-refractivity contribution is 0.216. The first-order valence-corrected chi connectivity index (χ1v) is 5.10. The lowest BCUT2D eigenvalue weighted by Crippen LogP contribution is -2.23. The fourth-order valence-electron chi connectivity index (χ4n) is 3.77. The molecule has 60 valence electrons. The van der Waals surface area contributed by atoms with Gasteiger partial charge < -0.3 is 0 Å². The first kappa shape index (κ1) is 6.28. The van der Waals surface area contributed by atoms with Crippen LogP contribution in [0.1, 0.15) is 32.1 Å². The Morgan fingerprint density at radius 3 is 1.91 bits per heavy atom. The quantitative estimate of drug-likeness (QED) is 0.463. The second kappa shape index (κ2) is 2.12. The Morgan fingerprint density at radius 1 is 0.818 bits per heavy atom. The van der Waals surface area contributed by atoms with Crippen LogP contribution in [0.3, 0.4) is 0 Å². The maximum atomic E-state index is 2.42. The van der Waals surface area contributed by atoms with Crippen molar-refractivity contribution in [3.05, 3.63) is 12.2 Å². The molecule has 0 heterocycles. The summed E-state index contributed by atoms with van der Waals surface area (Å²) in [4.78, 5) is 0. The van der Waals surface area contributed by atoms with E-state index in [2.05, 4.69) is 12.2 Å². The molecule has 0 spiro atoms. The summed E-state index contributed by atoms with van der Waals surface area (Å²) in [5.74, 6) is 4.49. The maximum absolute atomic E-state index is 2.42. The minimum absolute atomic E-state index is 1.11. The van der Waals surface area contributed by atoms with Crippen LogP contribution in [-0.4, -0.2) is 0 Å². The first-order chi connectivity index (χ1) is 5.45. The SMILES string of the molecule is C1=CCC2C(C1)[C@@H]1CC[C@H]2C1. The van der Waals surface area contributed by atoms with Crippen molar-refractivity contribution in [1.82, 2.24) is 0 Å². The minimum Gasteiger partial charge on any atom is -0.0882 e. The zero-order valence-electron chi connectivity index (χ0n) is 7.00. The van der Waals surface area contributed by atoms with E-state index in [0.29, 0.717) is 0 Å². The van der Waals surface area contributed by atoms with Gasteiger partial charge in [-0.05, 0) is 55.8 Å². The fourth-order valence-corrected chi connectivity index (χ4v) is 3.77. The van der Waals surface area contributed by atoms with Crippen molar-refractivity contribution >= 4 is 0 Å². The topological polar surface area (TPSA) is 0 Å². The van der Waals surface area contributed by atoms with Crippen LogP contribution in [0, 0.1) is 23.7 Å². The summed E-state index contributed by atoms with van der Waals surface area (Å²) in [7, 11) is 0. The highest BCUT2D eigenvalue weighted by atomic mass is 14.5. The number of allylic oxidation sites excluding steroid dienone is 2. The first-order valence-electron chi connectivity index (χ1n) is 5.10. The monoisotopic (exact) mass is 148 g/mol. The Morgan fingerprint density at radius 2 is 1.36 bits per heavy atom. The van der Waals surface area contributed by atoms with E-state index in [1.165, 1.54) is 12.8 Å². The number of hydrogen-bond acceptors (Lipinski definition) is 0. The number of fused-ring (bicyclic) bond motifs is 5. The minimum atomic E-state index is 1.11. The van der Waals surface area contributed by atoms with Gasteiger partial charge in [-0.1, -0.05) is 12.2 Å². The standard InChI is InChI=1S/C11H16/c1-2-4-11-9-6-5-8(7-9)10(11)3-1/h1-2,8-11H,3-7H2/t8-,9+,10?,11?. The van der Waals surface area contributed by atoms with Crippen molar-refractivity contribution in [2.45, 2.75) is 32.1 Å². The summed E-state index contributed by atoms with van der Waals surface area (Å²) in [5, 5.41) is 0. The molecular weight excluding hydrogens is 132 g/mol. The van der Waals surface area contributed by atoms with E-state index in [-0.39, 0.29) is 0 Å². The Balaban J connectivity index is 1.91. The van der Waals surface area contributed by atoms with Gasteiger partial charge in [0, 0.05) is 0 Å². The van der Waals surface area contributed by atoms with Gasteiger partial charge in [0.2, 0.25) is 0 Å². The van der Waals surface area contributed by atoms with Crippen LogP contribution in [0.25, 0.3) is 0 Å². The summed E-state index contributed by atoms with van der Waals surface area (Å²) in [6.45, 7) is 0. The second-order valence-electron chi connectivity index (χ2n) is 4.60. The van der Waals surface area contributed by atoms with E-state index in [1.807, 2.05) is 0 Å². The lowest BCUT2D eigenvalue weighted by atomic mass is 9.73. The molecular formula is C11H16. The van der Waals surface area contributed by atoms with Gasteiger partial charge in [0.1, 0.15) is 0 Å². The molecule has 11 heavy (non-hydrogen) atoms. The van der Waals surface area contributed by atoms with Crippen LogP contribution >= 0.6 is 0 Å². The summed E-state index contributed by atoms with van der Waals surface area (Å²) in [6.07, 6.45) is 12.3. The molecule has 0 aromatic rings. The van der Waals surface area contributed by atoms with Crippen LogP contribution in [0.2, 0.25) is 0 Å². The summed E-state index contributed by atoms with van der Waals surface area (Å²) < 4.78 is 0. The van der Waals surface area contributed by atoms with Gasteiger partial charge in [-0.15, -0.1) is 0 Å². The Kier molecular flexibility index (Phi) is 1.21. The highest BCUT2D eigenvalue weighted by molar-refractivity contribution is 5.05. The largest absolute Gasteiger partial charge is 0.0882 e. The van der Waals surface area contributed by atoms with Gasteiger partial charge in [-0.25, -0.2) is 0 Å². The third-order valence-corrected chi connectivity index (χ3v) is 4.26. The van der Waals surface area contributed by atoms with E-state index in [4.69, 9.17) is 0 Å². The van der Waals surface area contributed by atoms with Crippen molar-refractivity contribution in [3.8, 4) is 0 Å². The summed E-state index contributed by atoms with van der Waals surface area (Å²) in [5.41, 5.74) is 0. The molecule has 2 saturated carbocycles. The molecule has 0 heteroatoms. The molecule has 2 fully saturated rings. The molecule has 0 aromatic carbocycles. The van der Waals surface area contributed by atoms with Crippen LogP contribution in [0.15, 0.2) is 12.2 Å². The molecule has 0 aliphatic heterocycles. The fraction of sp³-hybridized carbons (Fsp3) is 0.818. The van der Waals surface area contributed by atoms with Gasteiger partial charge in [0.15, 0.2) is 0 Å². The highest BCUT2D eigenvalue weighted by Crippen LogP contribution is 2.55. The zero-order valence-corrected chi connectivity index (χ0v) is 7.00. The predicted octanol–water partition coefficient (Wildman–Crippen LogP) is 3.00. The van der Waals surface area contributed by atoms with E-state index >= 15 is 0 Å². The van der Waals surface area contributed by atoms with Gasteiger partial charge >= 0.3 is 0 Å². The molecule has 2 bridgehead atoms. The molecule has 0 saturated heterocycles. The van der Waals surface area contributed by atoms with E-state index in [0.717, 1.165) is 23.7 Å². The highest BCUT2D eigenvalue weighted by Gasteiger charge is 2.46. The molecule has 3 aliphatic rings. The maximum Gasteiger partial charge on any atom is -0.0317 e. The third-order valence-electron chi connectivity index (χ3n) is 4.26. The third kappa shape index (κ3) is 0.758. The summed E-state index contributed by atoms with van der Waals surface area (Å²) >= 11 is 0. The van der Waals surface area contributed by atoms with Crippen LogP contribution in [0.4, 0.5) is 0 Å². The van der Waals surface area contributed by atoms with Gasteiger partial charge in [-0.3, -0.25) is 0 Å². The molecule has 0 nitrogen and oxygen atoms in total. The molecule has 4 atom stereocenters. The number of hydrogen-bond donors (Lipinski definition) is 0. The van der Waals surface area contributed by atoms with Crippen molar-refractivity contribution in [2.24, 2.45) is 23.7 Å². The lowest BCUT2D eigenvalue weighted by Gasteiger charge is -2.32. The second-order valence-corrected chi connectivity index (χ2v) is 4.60. The van der Waals surface area contributed by atoms with Gasteiger partial charge in [-0.2, -0.15) is 0 Å². The van der Waals surface area contributed by atoms with Crippen molar-refractivity contribution < 1.29 is 0 Å². The summed E-state index contributed by atoms with van der Waals surface area (Å²) in [6, 6.07) is 0. The number of rotatable bonds is 0. The van der Waals surface area contributed by atoms with Gasteiger partial charge in [0.25, 0.3) is 0 Å². The Labute approximate surface area is 68.7 Å². The van der Waals surface area contributed by atoms with Gasteiger partial charge in [0.05, 0.1) is 0 Å². The smallest absolute Gasteiger partial charge is 0.0317 e. The molecule has 0 N–H and O–H groups in total. The van der Waals surface area contributed by atoms with Crippen LogP contribution in [-0.2, 0) is 0 Å². The zero-order chi connectivity index (χ0) is 7.26. The Hall–Kier alpha value is -0.260. The van der Waals surface area contributed by atoms with Crippen LogP contribution in [0.5, 0.6) is 0 Å². The molecule has 2 unspecified atom stereocenters. The Bertz CT molecular complexity index is 172. The molecule has 0 radical (unpaired) electrons. The van der Waals surface area contributed by atoms with Crippen LogP contribution < -0.4 is 0 Å². The average molecular weight is 148 g/mol. The predicted molar refractivity (Wildman–Crippen MR) is 46.2 cm³/mol. The van der Waals surface area contributed by atoms with Crippen molar-refractivity contribution in [1.29, 1.82) is 0 Å². The normalized spacial score (nSPS) is 53.1. The van der Waals surface area contributed by atoms with E-state index < -0.39 is 0 Å². The van der Waals surface area contributed by atoms with Crippen molar-refractivity contribution in [2.75, 3.05) is 0 Å². The molecule has 0 amide bonds. The molecule has 0 aromatic heterocycles. The molecule has 3 aliphatic carbocycles.